The smallest absolute Gasteiger partial charge is 0.251 e. The number of carbonyl (C=O) groups excluding carboxylic acids is 1. The zero-order chi connectivity index (χ0) is 16.8. The van der Waals surface area contributed by atoms with Gasteiger partial charge in [-0.05, 0) is 30.0 Å². The molecule has 0 saturated heterocycles. The molecule has 1 N–H and O–H groups in total. The van der Waals surface area contributed by atoms with Crippen molar-refractivity contribution in [3.63, 3.8) is 0 Å². The third kappa shape index (κ3) is 3.90. The number of benzene rings is 2. The minimum absolute atomic E-state index is 0.0540. The highest BCUT2D eigenvalue weighted by atomic mass is 16.1. The van der Waals surface area contributed by atoms with Gasteiger partial charge in [0.2, 0.25) is 0 Å². The first-order chi connectivity index (χ1) is 11.7. The summed E-state index contributed by atoms with van der Waals surface area (Å²) in [5.74, 6) is 0.784. The fraction of sp³-hybridized carbons (Fsp3) is 0.200. The molecule has 3 rings (SSSR count). The molecule has 1 aromatic heterocycles. The first-order valence-corrected chi connectivity index (χ1v) is 8.10. The molecule has 1 heterocycles. The van der Waals surface area contributed by atoms with Crippen molar-refractivity contribution in [3.8, 4) is 0 Å². The fourth-order valence-corrected chi connectivity index (χ4v) is 2.70. The summed E-state index contributed by atoms with van der Waals surface area (Å²) in [6, 6.07) is 18.1. The van der Waals surface area contributed by atoms with E-state index in [1.54, 1.807) is 6.20 Å². The highest BCUT2D eigenvalue weighted by Gasteiger charge is 2.11. The number of nitrogens with one attached hydrogen (secondary N) is 1. The summed E-state index contributed by atoms with van der Waals surface area (Å²) in [5.41, 5.74) is 3.09. The van der Waals surface area contributed by atoms with Crippen molar-refractivity contribution in [1.29, 1.82) is 0 Å². The van der Waals surface area contributed by atoms with Crippen molar-refractivity contribution in [3.05, 3.63) is 89.5 Å². The number of rotatable bonds is 6. The highest BCUT2D eigenvalue weighted by molar-refractivity contribution is 5.95. The lowest BCUT2D eigenvalue weighted by Crippen LogP contribution is -2.25. The second-order valence-electron chi connectivity index (χ2n) is 5.78. The SMILES string of the molecule is Cn1ccnc1CNC(=O)c1ccccc1CCc1ccccc1. The molecule has 0 saturated carbocycles. The summed E-state index contributed by atoms with van der Waals surface area (Å²) in [6.45, 7) is 0.426. The first kappa shape index (κ1) is 16.0. The molecule has 0 aliphatic carbocycles. The quantitative estimate of drug-likeness (QED) is 0.759. The topological polar surface area (TPSA) is 46.9 Å². The van der Waals surface area contributed by atoms with Crippen LogP contribution >= 0.6 is 0 Å². The van der Waals surface area contributed by atoms with Crippen LogP contribution in [0.15, 0.2) is 67.0 Å². The Morgan fingerprint density at radius 2 is 1.79 bits per heavy atom. The molecular formula is C20H21N3O. The van der Waals surface area contributed by atoms with Gasteiger partial charge < -0.3 is 9.88 Å². The number of hydrogen-bond acceptors (Lipinski definition) is 2. The van der Waals surface area contributed by atoms with Gasteiger partial charge in [-0.25, -0.2) is 4.98 Å². The van der Waals surface area contributed by atoms with E-state index in [-0.39, 0.29) is 5.91 Å². The minimum Gasteiger partial charge on any atom is -0.345 e. The van der Waals surface area contributed by atoms with E-state index in [0.29, 0.717) is 6.54 Å². The molecular weight excluding hydrogens is 298 g/mol. The molecule has 1 amide bonds. The summed E-state index contributed by atoms with van der Waals surface area (Å²) >= 11 is 0. The number of carbonyl (C=O) groups is 1. The monoisotopic (exact) mass is 319 g/mol. The number of aromatic nitrogens is 2. The third-order valence-corrected chi connectivity index (χ3v) is 4.12. The van der Waals surface area contributed by atoms with Crippen molar-refractivity contribution in [2.45, 2.75) is 19.4 Å². The highest BCUT2D eigenvalue weighted by Crippen LogP contribution is 2.13. The third-order valence-electron chi connectivity index (χ3n) is 4.12. The molecule has 0 spiro atoms. The van der Waals surface area contributed by atoms with E-state index in [1.165, 1.54) is 5.56 Å². The van der Waals surface area contributed by atoms with Gasteiger partial charge in [-0.2, -0.15) is 0 Å². The molecule has 3 aromatic rings. The second-order valence-corrected chi connectivity index (χ2v) is 5.78. The summed E-state index contributed by atoms with van der Waals surface area (Å²) < 4.78 is 1.90. The van der Waals surface area contributed by atoms with Crippen LogP contribution in [0.1, 0.15) is 27.3 Å². The molecule has 4 heteroatoms. The predicted molar refractivity (Wildman–Crippen MR) is 94.7 cm³/mol. The zero-order valence-electron chi connectivity index (χ0n) is 13.8. The first-order valence-electron chi connectivity index (χ1n) is 8.10. The molecule has 0 fully saturated rings. The maximum Gasteiger partial charge on any atom is 0.251 e. The van der Waals surface area contributed by atoms with Crippen LogP contribution in [0.2, 0.25) is 0 Å². The Hall–Kier alpha value is -2.88. The molecule has 2 aromatic carbocycles. The molecule has 24 heavy (non-hydrogen) atoms. The standard InChI is InChI=1S/C20H21N3O/c1-23-14-13-21-19(23)15-22-20(24)18-10-6-5-9-17(18)12-11-16-7-3-2-4-8-16/h2-10,13-14H,11-12,15H2,1H3,(H,22,24). The number of amides is 1. The maximum atomic E-state index is 12.5. The van der Waals surface area contributed by atoms with Gasteiger partial charge in [0, 0.05) is 25.0 Å². The van der Waals surface area contributed by atoms with Crippen molar-refractivity contribution < 1.29 is 4.79 Å². The van der Waals surface area contributed by atoms with Gasteiger partial charge in [-0.1, -0.05) is 48.5 Å². The average molecular weight is 319 g/mol. The van der Waals surface area contributed by atoms with Crippen LogP contribution in [-0.2, 0) is 26.4 Å². The van der Waals surface area contributed by atoms with Crippen LogP contribution in [0.25, 0.3) is 0 Å². The van der Waals surface area contributed by atoms with Crippen molar-refractivity contribution in [2.75, 3.05) is 0 Å². The number of nitrogens with zero attached hydrogens (tertiary/aromatic N) is 2. The lowest BCUT2D eigenvalue weighted by molar-refractivity contribution is 0.0948. The lowest BCUT2D eigenvalue weighted by atomic mass is 9.99. The Morgan fingerprint density at radius 3 is 2.54 bits per heavy atom. The van der Waals surface area contributed by atoms with Crippen LogP contribution in [0, 0.1) is 0 Å². The fourth-order valence-electron chi connectivity index (χ4n) is 2.70. The molecule has 122 valence electrons. The minimum atomic E-state index is -0.0540. The summed E-state index contributed by atoms with van der Waals surface area (Å²) in [5, 5.41) is 2.96. The van der Waals surface area contributed by atoms with Crippen molar-refractivity contribution in [2.24, 2.45) is 7.05 Å². The molecule has 0 aliphatic heterocycles. The van der Waals surface area contributed by atoms with E-state index in [4.69, 9.17) is 0 Å². The molecule has 0 unspecified atom stereocenters. The Balaban J connectivity index is 1.66. The van der Waals surface area contributed by atoms with Crippen LogP contribution in [0.4, 0.5) is 0 Å². The normalized spacial score (nSPS) is 10.5. The zero-order valence-corrected chi connectivity index (χ0v) is 13.8. The van der Waals surface area contributed by atoms with Crippen molar-refractivity contribution in [1.82, 2.24) is 14.9 Å². The lowest BCUT2D eigenvalue weighted by Gasteiger charge is -2.10. The van der Waals surface area contributed by atoms with Gasteiger partial charge in [-0.15, -0.1) is 0 Å². The van der Waals surface area contributed by atoms with Crippen LogP contribution < -0.4 is 5.32 Å². The van der Waals surface area contributed by atoms with E-state index in [2.05, 4.69) is 22.4 Å². The number of hydrogen-bond donors (Lipinski definition) is 1. The van der Waals surface area contributed by atoms with Gasteiger partial charge in [0.25, 0.3) is 5.91 Å². The van der Waals surface area contributed by atoms with E-state index in [0.717, 1.165) is 29.8 Å². The largest absolute Gasteiger partial charge is 0.345 e. The number of aryl methyl sites for hydroxylation is 3. The van der Waals surface area contributed by atoms with Crippen LogP contribution in [-0.4, -0.2) is 15.5 Å². The maximum absolute atomic E-state index is 12.5. The van der Waals surface area contributed by atoms with Gasteiger partial charge in [-0.3, -0.25) is 4.79 Å². The Bertz CT molecular complexity index is 809. The van der Waals surface area contributed by atoms with Crippen LogP contribution in [0.5, 0.6) is 0 Å². The number of imidazole rings is 1. The van der Waals surface area contributed by atoms with Crippen molar-refractivity contribution >= 4 is 5.91 Å². The predicted octanol–water partition coefficient (Wildman–Crippen LogP) is 3.14. The van der Waals surface area contributed by atoms with E-state index < -0.39 is 0 Å². The Labute approximate surface area is 142 Å². The molecule has 0 bridgehead atoms. The van der Waals surface area contributed by atoms with Gasteiger partial charge in [0.15, 0.2) is 0 Å². The summed E-state index contributed by atoms with van der Waals surface area (Å²) in [4.78, 5) is 16.8. The van der Waals surface area contributed by atoms with E-state index in [9.17, 15) is 4.79 Å². The van der Waals surface area contributed by atoms with Crippen LogP contribution in [0.3, 0.4) is 0 Å². The van der Waals surface area contributed by atoms with Gasteiger partial charge in [0.1, 0.15) is 5.82 Å². The molecule has 0 atom stereocenters. The summed E-state index contributed by atoms with van der Waals surface area (Å²) in [6.07, 6.45) is 5.37. The Kier molecular flexibility index (Phi) is 5.06. The van der Waals surface area contributed by atoms with Gasteiger partial charge in [0.05, 0.1) is 6.54 Å². The molecule has 0 aliphatic rings. The Morgan fingerprint density at radius 1 is 1.04 bits per heavy atom. The molecule has 0 radical (unpaired) electrons. The van der Waals surface area contributed by atoms with Gasteiger partial charge >= 0.3 is 0 Å². The average Bonchev–Trinajstić information content (AvgIpc) is 3.04. The molecule has 4 nitrogen and oxygen atoms in total. The van der Waals surface area contributed by atoms with E-state index >= 15 is 0 Å². The second kappa shape index (κ2) is 7.59. The van der Waals surface area contributed by atoms with E-state index in [1.807, 2.05) is 60.3 Å². The summed E-state index contributed by atoms with van der Waals surface area (Å²) in [7, 11) is 1.92.